The fraction of sp³-hybridized carbons (Fsp3) is 0.929. The SMILES string of the molecule is CCCCCCCC(=O)OC.OC[C@@H]1C[C@H](O)[C@H](O)O1. The maximum absolute atomic E-state index is 10.6. The predicted molar refractivity (Wildman–Crippen MR) is 74.0 cm³/mol. The van der Waals surface area contributed by atoms with Gasteiger partial charge in [-0.05, 0) is 6.42 Å². The molecule has 0 aromatic heterocycles. The molecule has 0 spiro atoms. The number of unbranched alkanes of at least 4 members (excludes halogenated alkanes) is 4. The largest absolute Gasteiger partial charge is 0.469 e. The van der Waals surface area contributed by atoms with Crippen LogP contribution in [0, 0.1) is 0 Å². The Labute approximate surface area is 120 Å². The van der Waals surface area contributed by atoms with Crippen molar-refractivity contribution in [3.05, 3.63) is 0 Å². The molecule has 3 N–H and O–H groups in total. The van der Waals surface area contributed by atoms with Crippen molar-refractivity contribution in [3.63, 3.8) is 0 Å². The standard InChI is InChI=1S/C9H18O2.C5H10O4/c1-3-4-5-6-7-8-9(10)11-2;6-2-3-1-4(7)5(8)9-3/h3-8H2,1-2H3;3-8H,1-2H2/t;3-,4-,5+/m.0/s1. The molecule has 1 saturated heterocycles. The molecule has 0 saturated carbocycles. The molecule has 3 atom stereocenters. The first-order chi connectivity index (χ1) is 9.54. The monoisotopic (exact) mass is 292 g/mol. The number of rotatable bonds is 7. The van der Waals surface area contributed by atoms with Gasteiger partial charge in [-0.1, -0.05) is 32.6 Å². The van der Waals surface area contributed by atoms with E-state index in [0.29, 0.717) is 12.8 Å². The highest BCUT2D eigenvalue weighted by Crippen LogP contribution is 2.17. The van der Waals surface area contributed by atoms with E-state index in [0.717, 1.165) is 12.8 Å². The first-order valence-corrected chi connectivity index (χ1v) is 7.24. The third-order valence-corrected chi connectivity index (χ3v) is 3.08. The van der Waals surface area contributed by atoms with Crippen molar-refractivity contribution in [3.8, 4) is 0 Å². The highest BCUT2D eigenvalue weighted by molar-refractivity contribution is 5.68. The fourth-order valence-electron chi connectivity index (χ4n) is 1.82. The van der Waals surface area contributed by atoms with Gasteiger partial charge in [-0.25, -0.2) is 0 Å². The lowest BCUT2D eigenvalue weighted by atomic mass is 10.1. The molecule has 0 aromatic rings. The van der Waals surface area contributed by atoms with Crippen molar-refractivity contribution in [2.75, 3.05) is 13.7 Å². The Bertz CT molecular complexity index is 236. The van der Waals surface area contributed by atoms with Gasteiger partial charge in [0.1, 0.15) is 6.10 Å². The zero-order valence-electron chi connectivity index (χ0n) is 12.5. The van der Waals surface area contributed by atoms with E-state index in [9.17, 15) is 4.79 Å². The lowest BCUT2D eigenvalue weighted by Gasteiger charge is -2.04. The zero-order valence-corrected chi connectivity index (χ0v) is 12.5. The van der Waals surface area contributed by atoms with Crippen LogP contribution in [0.4, 0.5) is 0 Å². The van der Waals surface area contributed by atoms with E-state index in [-0.39, 0.29) is 12.6 Å². The lowest BCUT2D eigenvalue weighted by Crippen LogP contribution is -2.19. The van der Waals surface area contributed by atoms with Gasteiger partial charge in [0, 0.05) is 12.8 Å². The van der Waals surface area contributed by atoms with Crippen molar-refractivity contribution >= 4 is 5.97 Å². The van der Waals surface area contributed by atoms with Crippen molar-refractivity contribution in [2.45, 2.75) is 70.4 Å². The Morgan fingerprint density at radius 1 is 1.25 bits per heavy atom. The summed E-state index contributed by atoms with van der Waals surface area (Å²) in [7, 11) is 1.44. The van der Waals surface area contributed by atoms with Crippen LogP contribution in [-0.4, -0.2) is 53.5 Å². The molecule has 1 aliphatic rings. The van der Waals surface area contributed by atoms with Crippen LogP contribution in [0.5, 0.6) is 0 Å². The molecule has 0 aromatic carbocycles. The van der Waals surface area contributed by atoms with Crippen LogP contribution < -0.4 is 0 Å². The van der Waals surface area contributed by atoms with Crippen molar-refractivity contribution in [1.82, 2.24) is 0 Å². The number of aliphatic hydroxyl groups excluding tert-OH is 3. The molecule has 0 unspecified atom stereocenters. The number of ether oxygens (including phenoxy) is 2. The molecule has 0 bridgehead atoms. The molecular weight excluding hydrogens is 264 g/mol. The van der Waals surface area contributed by atoms with Crippen LogP contribution >= 0.6 is 0 Å². The molecule has 20 heavy (non-hydrogen) atoms. The second kappa shape index (κ2) is 12.1. The van der Waals surface area contributed by atoms with Crippen LogP contribution in [0.1, 0.15) is 51.9 Å². The van der Waals surface area contributed by atoms with Crippen LogP contribution in [0.25, 0.3) is 0 Å². The zero-order chi connectivity index (χ0) is 15.4. The maximum atomic E-state index is 10.6. The minimum absolute atomic E-state index is 0.0819. The Hall–Kier alpha value is -0.690. The molecule has 6 nitrogen and oxygen atoms in total. The summed E-state index contributed by atoms with van der Waals surface area (Å²) in [5.74, 6) is -0.0819. The van der Waals surface area contributed by atoms with E-state index in [1.165, 1.54) is 26.4 Å². The minimum atomic E-state index is -1.11. The number of carbonyl (C=O) groups is 1. The first kappa shape index (κ1) is 19.3. The second-order valence-corrected chi connectivity index (χ2v) is 4.87. The highest BCUT2D eigenvalue weighted by Gasteiger charge is 2.31. The summed E-state index contributed by atoms with van der Waals surface area (Å²) < 4.78 is 9.20. The number of carbonyl (C=O) groups excluding carboxylic acids is 1. The quantitative estimate of drug-likeness (QED) is 0.478. The number of hydrogen-bond donors (Lipinski definition) is 3. The molecule has 1 fully saturated rings. The Morgan fingerprint density at radius 3 is 2.30 bits per heavy atom. The molecule has 1 rings (SSSR count). The summed E-state index contributed by atoms with van der Waals surface area (Å²) in [6.07, 6.45) is 4.47. The summed E-state index contributed by atoms with van der Waals surface area (Å²) in [5.41, 5.74) is 0. The van der Waals surface area contributed by atoms with E-state index < -0.39 is 18.5 Å². The molecule has 1 heterocycles. The minimum Gasteiger partial charge on any atom is -0.469 e. The lowest BCUT2D eigenvalue weighted by molar-refractivity contribution is -0.140. The summed E-state index contributed by atoms with van der Waals surface area (Å²) in [5, 5.41) is 26.0. The maximum Gasteiger partial charge on any atom is 0.305 e. The van der Waals surface area contributed by atoms with Gasteiger partial charge in [0.05, 0.1) is 19.8 Å². The number of hydrogen-bond acceptors (Lipinski definition) is 6. The van der Waals surface area contributed by atoms with Crippen LogP contribution in [0.15, 0.2) is 0 Å². The summed E-state index contributed by atoms with van der Waals surface area (Å²) in [4.78, 5) is 10.6. The average Bonchev–Trinajstić information content (AvgIpc) is 2.78. The Morgan fingerprint density at radius 2 is 1.90 bits per heavy atom. The van der Waals surface area contributed by atoms with Gasteiger partial charge in [0.2, 0.25) is 0 Å². The van der Waals surface area contributed by atoms with E-state index in [1.54, 1.807) is 0 Å². The topological polar surface area (TPSA) is 96.2 Å². The second-order valence-electron chi connectivity index (χ2n) is 4.87. The van der Waals surface area contributed by atoms with E-state index in [1.807, 2.05) is 0 Å². The van der Waals surface area contributed by atoms with Gasteiger partial charge in [0.25, 0.3) is 0 Å². The molecule has 1 aliphatic heterocycles. The molecule has 120 valence electrons. The molecule has 0 aliphatic carbocycles. The first-order valence-electron chi connectivity index (χ1n) is 7.24. The molecule has 0 radical (unpaired) electrons. The third kappa shape index (κ3) is 9.25. The van der Waals surface area contributed by atoms with E-state index in [2.05, 4.69) is 16.4 Å². The highest BCUT2D eigenvalue weighted by atomic mass is 16.6. The summed E-state index contributed by atoms with van der Waals surface area (Å²) >= 11 is 0. The number of aliphatic hydroxyl groups is 3. The fourth-order valence-corrected chi connectivity index (χ4v) is 1.82. The third-order valence-electron chi connectivity index (χ3n) is 3.08. The Balaban J connectivity index is 0.000000367. The summed E-state index contributed by atoms with van der Waals surface area (Å²) in [6.45, 7) is 2.04. The molecule has 0 amide bonds. The van der Waals surface area contributed by atoms with E-state index in [4.69, 9.17) is 15.3 Å². The van der Waals surface area contributed by atoms with Gasteiger partial charge in [-0.15, -0.1) is 0 Å². The molecule has 6 heteroatoms. The average molecular weight is 292 g/mol. The van der Waals surface area contributed by atoms with Gasteiger partial charge in [-0.2, -0.15) is 0 Å². The number of esters is 1. The van der Waals surface area contributed by atoms with Crippen LogP contribution in [-0.2, 0) is 14.3 Å². The van der Waals surface area contributed by atoms with Gasteiger partial charge in [0.15, 0.2) is 6.29 Å². The van der Waals surface area contributed by atoms with E-state index >= 15 is 0 Å². The van der Waals surface area contributed by atoms with Crippen LogP contribution in [0.2, 0.25) is 0 Å². The predicted octanol–water partition coefficient (Wildman–Crippen LogP) is 0.967. The van der Waals surface area contributed by atoms with Crippen LogP contribution in [0.3, 0.4) is 0 Å². The van der Waals surface area contributed by atoms with Gasteiger partial charge >= 0.3 is 5.97 Å². The van der Waals surface area contributed by atoms with Crippen molar-refractivity contribution < 1.29 is 29.6 Å². The number of methoxy groups -OCH3 is 1. The van der Waals surface area contributed by atoms with Crippen molar-refractivity contribution in [1.29, 1.82) is 0 Å². The normalized spacial score (nSPS) is 24.9. The van der Waals surface area contributed by atoms with Gasteiger partial charge < -0.3 is 24.8 Å². The smallest absolute Gasteiger partial charge is 0.305 e. The summed E-state index contributed by atoms with van der Waals surface area (Å²) in [6, 6.07) is 0. The Kier molecular flexibility index (Phi) is 11.7. The van der Waals surface area contributed by atoms with Crippen molar-refractivity contribution in [2.24, 2.45) is 0 Å². The van der Waals surface area contributed by atoms with Gasteiger partial charge in [-0.3, -0.25) is 4.79 Å². The molecular formula is C14H28O6.